The molecule has 0 saturated carbocycles. The number of carbonyl (C=O) groups is 1. The molecule has 6 nitrogen and oxygen atoms in total. The van der Waals surface area contributed by atoms with E-state index in [1.807, 2.05) is 20.8 Å². The van der Waals surface area contributed by atoms with Crippen molar-refractivity contribution in [1.29, 1.82) is 0 Å². The third-order valence-electron chi connectivity index (χ3n) is 3.45. The van der Waals surface area contributed by atoms with E-state index in [1.165, 1.54) is 0 Å². The van der Waals surface area contributed by atoms with Crippen molar-refractivity contribution in [3.63, 3.8) is 0 Å². The molecule has 2 heterocycles. The van der Waals surface area contributed by atoms with Crippen molar-refractivity contribution in [2.24, 2.45) is 0 Å². The number of hydrogen-bond donors (Lipinski definition) is 1. The van der Waals surface area contributed by atoms with Crippen molar-refractivity contribution in [2.75, 3.05) is 20.2 Å². The molecule has 1 amide bonds. The van der Waals surface area contributed by atoms with E-state index in [9.17, 15) is 4.79 Å². The first-order valence-corrected chi connectivity index (χ1v) is 6.67. The molecule has 1 aliphatic heterocycles. The molecule has 19 heavy (non-hydrogen) atoms. The van der Waals surface area contributed by atoms with E-state index in [4.69, 9.17) is 4.74 Å². The zero-order valence-electron chi connectivity index (χ0n) is 12.1. The van der Waals surface area contributed by atoms with E-state index in [2.05, 4.69) is 15.2 Å². The normalized spacial score (nSPS) is 17.8. The Labute approximate surface area is 113 Å². The number of nitrogens with one attached hydrogen (secondary N) is 1. The molecule has 1 fully saturated rings. The Morgan fingerprint density at radius 2 is 2.00 bits per heavy atom. The second kappa shape index (κ2) is 5.28. The smallest absolute Gasteiger partial charge is 0.293 e. The lowest BCUT2D eigenvalue weighted by Gasteiger charge is -2.30. The van der Waals surface area contributed by atoms with Crippen molar-refractivity contribution in [2.45, 2.75) is 45.1 Å². The highest BCUT2D eigenvalue weighted by Crippen LogP contribution is 2.19. The molecule has 0 unspecified atom stereocenters. The lowest BCUT2D eigenvalue weighted by Crippen LogP contribution is -2.41. The minimum atomic E-state index is -0.130. The number of amides is 1. The van der Waals surface area contributed by atoms with Crippen LogP contribution in [0.15, 0.2) is 0 Å². The van der Waals surface area contributed by atoms with Gasteiger partial charge in [-0.2, -0.15) is 0 Å². The molecule has 0 radical (unpaired) electrons. The molecular formula is C13H22N4O2. The number of ether oxygens (including phenoxy) is 1. The molecule has 2 rings (SSSR count). The van der Waals surface area contributed by atoms with Gasteiger partial charge >= 0.3 is 0 Å². The Morgan fingerprint density at radius 1 is 1.37 bits per heavy atom. The van der Waals surface area contributed by atoms with Crippen LogP contribution in [-0.4, -0.2) is 52.3 Å². The molecule has 1 saturated heterocycles. The molecule has 106 valence electrons. The van der Waals surface area contributed by atoms with Crippen LogP contribution in [0.3, 0.4) is 0 Å². The van der Waals surface area contributed by atoms with Gasteiger partial charge in [0.15, 0.2) is 0 Å². The summed E-state index contributed by atoms with van der Waals surface area (Å²) < 4.78 is 5.30. The van der Waals surface area contributed by atoms with Crippen LogP contribution in [0.25, 0.3) is 0 Å². The Kier molecular flexibility index (Phi) is 3.89. The predicted octanol–water partition coefficient (Wildman–Crippen LogP) is 1.35. The fourth-order valence-electron chi connectivity index (χ4n) is 2.13. The van der Waals surface area contributed by atoms with E-state index >= 15 is 0 Å². The maximum Gasteiger partial charge on any atom is 0.293 e. The van der Waals surface area contributed by atoms with Gasteiger partial charge in [0, 0.05) is 25.6 Å². The summed E-state index contributed by atoms with van der Waals surface area (Å²) in [4.78, 5) is 18.4. The van der Waals surface area contributed by atoms with Crippen molar-refractivity contribution in [3.8, 4) is 0 Å². The number of aromatic nitrogens is 3. The second-order valence-electron chi connectivity index (χ2n) is 5.98. The minimum absolute atomic E-state index is 0.0960. The molecule has 0 bridgehead atoms. The summed E-state index contributed by atoms with van der Waals surface area (Å²) in [6.07, 6.45) is 2.01. The number of carbonyl (C=O) groups excluding carboxylic acids is 1. The van der Waals surface area contributed by atoms with Gasteiger partial charge in [0.25, 0.3) is 5.91 Å². The van der Waals surface area contributed by atoms with Crippen LogP contribution in [0.1, 0.15) is 50.1 Å². The number of H-pyrrole nitrogens is 1. The Hall–Kier alpha value is -1.43. The predicted molar refractivity (Wildman–Crippen MR) is 71.0 cm³/mol. The van der Waals surface area contributed by atoms with Crippen LogP contribution in [-0.2, 0) is 10.2 Å². The summed E-state index contributed by atoms with van der Waals surface area (Å²) in [5.74, 6) is 0.907. The topological polar surface area (TPSA) is 71.1 Å². The first-order valence-electron chi connectivity index (χ1n) is 6.67. The van der Waals surface area contributed by atoms with Crippen LogP contribution in [0, 0.1) is 0 Å². The number of likely N-dealkylation sites (tertiary alicyclic amines) is 1. The molecule has 6 heteroatoms. The third-order valence-corrected chi connectivity index (χ3v) is 3.45. The maximum atomic E-state index is 12.3. The number of nitrogens with zero attached hydrogens (tertiary/aromatic N) is 3. The average molecular weight is 266 g/mol. The summed E-state index contributed by atoms with van der Waals surface area (Å²) in [5, 5.41) is 6.89. The standard InChI is InChI=1S/C13H22N4O2/c1-13(2,3)12-14-10(15-16-12)11(18)17-7-5-9(19-4)6-8-17/h9H,5-8H2,1-4H3,(H,14,15,16). The van der Waals surface area contributed by atoms with Gasteiger partial charge in [0.1, 0.15) is 5.82 Å². The third kappa shape index (κ3) is 3.12. The van der Waals surface area contributed by atoms with E-state index < -0.39 is 0 Å². The number of hydrogen-bond acceptors (Lipinski definition) is 4. The lowest BCUT2D eigenvalue weighted by molar-refractivity contribution is 0.0344. The fourth-order valence-corrected chi connectivity index (χ4v) is 2.13. The summed E-state index contributed by atoms with van der Waals surface area (Å²) in [6, 6.07) is 0. The quantitative estimate of drug-likeness (QED) is 0.877. The molecule has 1 aromatic rings. The average Bonchev–Trinajstić information content (AvgIpc) is 2.87. The van der Waals surface area contributed by atoms with E-state index in [0.717, 1.165) is 18.7 Å². The fraction of sp³-hybridized carbons (Fsp3) is 0.769. The Morgan fingerprint density at radius 3 is 2.47 bits per heavy atom. The summed E-state index contributed by atoms with van der Waals surface area (Å²) >= 11 is 0. The van der Waals surface area contributed by atoms with Crippen molar-refractivity contribution >= 4 is 5.91 Å². The van der Waals surface area contributed by atoms with E-state index in [1.54, 1.807) is 12.0 Å². The largest absolute Gasteiger partial charge is 0.381 e. The highest BCUT2D eigenvalue weighted by Gasteiger charge is 2.27. The minimum Gasteiger partial charge on any atom is -0.381 e. The summed E-state index contributed by atoms with van der Waals surface area (Å²) in [7, 11) is 1.72. The van der Waals surface area contributed by atoms with E-state index in [0.29, 0.717) is 13.1 Å². The monoisotopic (exact) mass is 266 g/mol. The van der Waals surface area contributed by atoms with Crippen molar-refractivity contribution < 1.29 is 9.53 Å². The van der Waals surface area contributed by atoms with Crippen molar-refractivity contribution in [3.05, 3.63) is 11.6 Å². The molecule has 0 aromatic carbocycles. The lowest BCUT2D eigenvalue weighted by atomic mass is 9.96. The van der Waals surface area contributed by atoms with Crippen LogP contribution in [0.5, 0.6) is 0 Å². The van der Waals surface area contributed by atoms with Crippen LogP contribution in [0.2, 0.25) is 0 Å². The van der Waals surface area contributed by atoms with Gasteiger partial charge in [0.2, 0.25) is 5.82 Å². The molecule has 0 atom stereocenters. The zero-order chi connectivity index (χ0) is 14.0. The molecule has 0 aliphatic carbocycles. The van der Waals surface area contributed by atoms with Crippen LogP contribution >= 0.6 is 0 Å². The van der Waals surface area contributed by atoms with Gasteiger partial charge in [-0.05, 0) is 12.8 Å². The first kappa shape index (κ1) is 14.0. The molecule has 1 aromatic heterocycles. The van der Waals surface area contributed by atoms with Gasteiger partial charge in [-0.25, -0.2) is 4.98 Å². The SMILES string of the molecule is COC1CCN(C(=O)c2n[nH]c(C(C)(C)C)n2)CC1. The Balaban J connectivity index is 2.02. The highest BCUT2D eigenvalue weighted by molar-refractivity contribution is 5.90. The van der Waals surface area contributed by atoms with Crippen molar-refractivity contribution in [1.82, 2.24) is 20.1 Å². The number of aromatic amines is 1. The van der Waals surface area contributed by atoms with Gasteiger partial charge in [-0.3, -0.25) is 9.89 Å². The molecule has 1 N–H and O–H groups in total. The second-order valence-corrected chi connectivity index (χ2v) is 5.98. The van der Waals surface area contributed by atoms with Gasteiger partial charge in [-0.15, -0.1) is 5.10 Å². The number of rotatable bonds is 2. The summed E-state index contributed by atoms with van der Waals surface area (Å²) in [5.41, 5.74) is -0.130. The highest BCUT2D eigenvalue weighted by atomic mass is 16.5. The molecule has 1 aliphatic rings. The van der Waals surface area contributed by atoms with E-state index in [-0.39, 0.29) is 23.3 Å². The Bertz CT molecular complexity index is 442. The maximum absolute atomic E-state index is 12.3. The van der Waals surface area contributed by atoms with Gasteiger partial charge in [0.05, 0.1) is 6.10 Å². The molecular weight excluding hydrogens is 244 g/mol. The molecule has 0 spiro atoms. The zero-order valence-corrected chi connectivity index (χ0v) is 12.1. The summed E-state index contributed by atoms with van der Waals surface area (Å²) in [6.45, 7) is 7.51. The van der Waals surface area contributed by atoms with Crippen LogP contribution < -0.4 is 0 Å². The van der Waals surface area contributed by atoms with Crippen LogP contribution in [0.4, 0.5) is 0 Å². The van der Waals surface area contributed by atoms with Gasteiger partial charge in [-0.1, -0.05) is 20.8 Å². The van der Waals surface area contributed by atoms with Gasteiger partial charge < -0.3 is 9.64 Å². The number of piperidine rings is 1. The number of methoxy groups -OCH3 is 1. The first-order chi connectivity index (χ1) is 8.91.